The maximum absolute atomic E-state index is 12.7. The standard InChI is InChI=1S/C15H22FNO/c1-3-4-10-17(13-15(11-16)18-2)12-14-8-6-5-7-9-14/h3,5-9,15H,1,4,10-13H2,2H3/t15-/m1/s1. The van der Waals surface area contributed by atoms with Crippen LogP contribution in [0.1, 0.15) is 12.0 Å². The molecule has 0 radical (unpaired) electrons. The third kappa shape index (κ3) is 5.43. The van der Waals surface area contributed by atoms with Crippen molar-refractivity contribution in [2.45, 2.75) is 19.1 Å². The van der Waals surface area contributed by atoms with E-state index in [9.17, 15) is 4.39 Å². The number of benzene rings is 1. The van der Waals surface area contributed by atoms with Gasteiger partial charge in [-0.2, -0.15) is 0 Å². The molecule has 0 aliphatic rings. The Kier molecular flexibility index (Phi) is 7.30. The summed E-state index contributed by atoms with van der Waals surface area (Å²) >= 11 is 0. The van der Waals surface area contributed by atoms with E-state index in [1.807, 2.05) is 24.3 Å². The van der Waals surface area contributed by atoms with Crippen molar-refractivity contribution in [1.29, 1.82) is 0 Å². The summed E-state index contributed by atoms with van der Waals surface area (Å²) in [5, 5.41) is 0. The van der Waals surface area contributed by atoms with E-state index in [1.165, 1.54) is 5.56 Å². The molecule has 1 aromatic carbocycles. The fraction of sp³-hybridized carbons (Fsp3) is 0.467. The van der Waals surface area contributed by atoms with Crippen molar-refractivity contribution >= 4 is 0 Å². The van der Waals surface area contributed by atoms with E-state index in [4.69, 9.17) is 4.74 Å². The monoisotopic (exact) mass is 251 g/mol. The fourth-order valence-electron chi connectivity index (χ4n) is 1.82. The van der Waals surface area contributed by atoms with Crippen LogP contribution in [-0.4, -0.2) is 37.9 Å². The molecule has 0 aromatic heterocycles. The van der Waals surface area contributed by atoms with Crippen LogP contribution in [0.5, 0.6) is 0 Å². The molecule has 0 aliphatic carbocycles. The van der Waals surface area contributed by atoms with Gasteiger partial charge in [-0.25, -0.2) is 4.39 Å². The van der Waals surface area contributed by atoms with Gasteiger partial charge in [-0.3, -0.25) is 4.90 Å². The Balaban J connectivity index is 2.57. The second-order valence-electron chi connectivity index (χ2n) is 4.31. The van der Waals surface area contributed by atoms with Crippen molar-refractivity contribution in [3.05, 3.63) is 48.6 Å². The molecule has 100 valence electrons. The van der Waals surface area contributed by atoms with Crippen molar-refractivity contribution < 1.29 is 9.13 Å². The van der Waals surface area contributed by atoms with Gasteiger partial charge in [0.2, 0.25) is 0 Å². The second kappa shape index (κ2) is 8.84. The zero-order valence-electron chi connectivity index (χ0n) is 11.0. The van der Waals surface area contributed by atoms with Crippen LogP contribution in [0.2, 0.25) is 0 Å². The molecular weight excluding hydrogens is 229 g/mol. The SMILES string of the molecule is C=CCCN(Cc1ccccc1)C[C@@H](CF)OC. The molecule has 0 bridgehead atoms. The summed E-state index contributed by atoms with van der Waals surface area (Å²) in [5.74, 6) is 0. The molecule has 1 atom stereocenters. The smallest absolute Gasteiger partial charge is 0.117 e. The molecule has 0 N–H and O–H groups in total. The first-order chi connectivity index (χ1) is 8.80. The molecule has 0 unspecified atom stereocenters. The minimum absolute atomic E-state index is 0.349. The van der Waals surface area contributed by atoms with Crippen molar-refractivity contribution in [3.8, 4) is 0 Å². The number of rotatable bonds is 9. The van der Waals surface area contributed by atoms with Gasteiger partial charge in [0.1, 0.15) is 6.67 Å². The van der Waals surface area contributed by atoms with Gasteiger partial charge in [0.25, 0.3) is 0 Å². The molecular formula is C15H22FNO. The summed E-state index contributed by atoms with van der Waals surface area (Å²) in [5.41, 5.74) is 1.23. The summed E-state index contributed by atoms with van der Waals surface area (Å²) in [6.07, 6.45) is 2.43. The second-order valence-corrected chi connectivity index (χ2v) is 4.31. The number of methoxy groups -OCH3 is 1. The first-order valence-electron chi connectivity index (χ1n) is 6.26. The van der Waals surface area contributed by atoms with Crippen molar-refractivity contribution in [1.82, 2.24) is 4.90 Å². The number of ether oxygens (including phenoxy) is 1. The van der Waals surface area contributed by atoms with Crippen LogP contribution in [0.25, 0.3) is 0 Å². The summed E-state index contributed by atoms with van der Waals surface area (Å²) in [7, 11) is 1.55. The Morgan fingerprint density at radius 3 is 2.67 bits per heavy atom. The number of hydrogen-bond donors (Lipinski definition) is 0. The summed E-state index contributed by atoms with van der Waals surface area (Å²) in [4.78, 5) is 2.20. The zero-order chi connectivity index (χ0) is 13.2. The van der Waals surface area contributed by atoms with Crippen LogP contribution in [-0.2, 0) is 11.3 Å². The van der Waals surface area contributed by atoms with Crippen LogP contribution >= 0.6 is 0 Å². The van der Waals surface area contributed by atoms with Gasteiger partial charge >= 0.3 is 0 Å². The van der Waals surface area contributed by atoms with E-state index >= 15 is 0 Å². The minimum atomic E-state index is -0.449. The first-order valence-corrected chi connectivity index (χ1v) is 6.26. The molecule has 2 nitrogen and oxygen atoms in total. The maximum Gasteiger partial charge on any atom is 0.117 e. The Labute approximate surface area is 109 Å². The molecule has 0 saturated carbocycles. The Morgan fingerprint density at radius 2 is 2.11 bits per heavy atom. The molecule has 0 saturated heterocycles. The predicted octanol–water partition coefficient (Wildman–Crippen LogP) is 3.05. The summed E-state index contributed by atoms with van der Waals surface area (Å²) < 4.78 is 17.8. The quantitative estimate of drug-likeness (QED) is 0.625. The molecule has 1 aromatic rings. The summed E-state index contributed by atoms with van der Waals surface area (Å²) in [6.45, 7) is 5.57. The minimum Gasteiger partial charge on any atom is -0.377 e. The van der Waals surface area contributed by atoms with E-state index in [-0.39, 0.29) is 6.10 Å². The van der Waals surface area contributed by atoms with Crippen LogP contribution in [0, 0.1) is 0 Å². The van der Waals surface area contributed by atoms with Crippen molar-refractivity contribution in [2.75, 3.05) is 26.9 Å². The van der Waals surface area contributed by atoms with Gasteiger partial charge in [0, 0.05) is 26.7 Å². The van der Waals surface area contributed by atoms with Crippen LogP contribution in [0.4, 0.5) is 4.39 Å². The number of nitrogens with zero attached hydrogens (tertiary/aromatic N) is 1. The van der Waals surface area contributed by atoms with Gasteiger partial charge in [0.15, 0.2) is 0 Å². The highest BCUT2D eigenvalue weighted by Gasteiger charge is 2.13. The van der Waals surface area contributed by atoms with Gasteiger partial charge in [-0.05, 0) is 12.0 Å². The zero-order valence-corrected chi connectivity index (χ0v) is 11.0. The maximum atomic E-state index is 12.7. The lowest BCUT2D eigenvalue weighted by Gasteiger charge is -2.25. The Hall–Kier alpha value is -1.19. The van der Waals surface area contributed by atoms with E-state index in [0.29, 0.717) is 6.54 Å². The van der Waals surface area contributed by atoms with Gasteiger partial charge in [-0.15, -0.1) is 6.58 Å². The van der Waals surface area contributed by atoms with E-state index < -0.39 is 6.67 Å². The van der Waals surface area contributed by atoms with Crippen LogP contribution in [0.15, 0.2) is 43.0 Å². The Bertz CT molecular complexity index is 325. The largest absolute Gasteiger partial charge is 0.377 e. The predicted molar refractivity (Wildman–Crippen MR) is 73.3 cm³/mol. The number of alkyl halides is 1. The lowest BCUT2D eigenvalue weighted by atomic mass is 10.2. The molecule has 3 heteroatoms. The fourth-order valence-corrected chi connectivity index (χ4v) is 1.82. The third-order valence-corrected chi connectivity index (χ3v) is 2.87. The van der Waals surface area contributed by atoms with Gasteiger partial charge in [-0.1, -0.05) is 36.4 Å². The molecule has 0 amide bonds. The van der Waals surface area contributed by atoms with Crippen molar-refractivity contribution in [3.63, 3.8) is 0 Å². The topological polar surface area (TPSA) is 12.5 Å². The highest BCUT2D eigenvalue weighted by Crippen LogP contribution is 2.07. The summed E-state index contributed by atoms with van der Waals surface area (Å²) in [6, 6.07) is 10.2. The van der Waals surface area contributed by atoms with Gasteiger partial charge in [0.05, 0.1) is 6.10 Å². The van der Waals surface area contributed by atoms with Gasteiger partial charge < -0.3 is 4.74 Å². The lowest BCUT2D eigenvalue weighted by Crippen LogP contribution is -2.34. The number of hydrogen-bond acceptors (Lipinski definition) is 2. The average Bonchev–Trinajstić information content (AvgIpc) is 2.42. The molecule has 18 heavy (non-hydrogen) atoms. The highest BCUT2D eigenvalue weighted by atomic mass is 19.1. The van der Waals surface area contributed by atoms with Crippen LogP contribution < -0.4 is 0 Å². The average molecular weight is 251 g/mol. The molecule has 0 fully saturated rings. The Morgan fingerprint density at radius 1 is 1.39 bits per heavy atom. The molecule has 0 spiro atoms. The van der Waals surface area contributed by atoms with E-state index in [2.05, 4.69) is 23.6 Å². The van der Waals surface area contributed by atoms with E-state index in [1.54, 1.807) is 7.11 Å². The van der Waals surface area contributed by atoms with Crippen molar-refractivity contribution in [2.24, 2.45) is 0 Å². The lowest BCUT2D eigenvalue weighted by molar-refractivity contribution is 0.0441. The first kappa shape index (κ1) is 14.9. The number of halogens is 1. The molecule has 1 rings (SSSR count). The third-order valence-electron chi connectivity index (χ3n) is 2.87. The molecule has 0 aliphatic heterocycles. The normalized spacial score (nSPS) is 12.6. The van der Waals surface area contributed by atoms with Crippen LogP contribution in [0.3, 0.4) is 0 Å². The van der Waals surface area contributed by atoms with E-state index in [0.717, 1.165) is 19.5 Å². The molecule has 0 heterocycles. The highest BCUT2D eigenvalue weighted by molar-refractivity contribution is 5.14.